The Hall–Kier alpha value is -1.42. The van der Waals surface area contributed by atoms with Crippen LogP contribution in [0, 0.1) is 10.1 Å². The Bertz CT molecular complexity index is 403. The summed E-state index contributed by atoms with van der Waals surface area (Å²) in [4.78, 5) is 12.8. The Kier molecular flexibility index (Phi) is 4.31. The Labute approximate surface area is 108 Å². The normalized spacial score (nSPS) is 20.8. The fraction of sp³-hybridized carbons (Fsp3) is 0.571. The number of hydrogen-bond acceptors (Lipinski definition) is 3. The SMILES string of the molecule is CC[C@H]1CCCCN1Cc1ccc([N+](=O)[O-])cc1. The van der Waals surface area contributed by atoms with Crippen LogP contribution in [0.25, 0.3) is 0 Å². The van der Waals surface area contributed by atoms with Gasteiger partial charge in [-0.15, -0.1) is 0 Å². The van der Waals surface area contributed by atoms with Crippen LogP contribution in [-0.2, 0) is 6.54 Å². The first kappa shape index (κ1) is 13.0. The zero-order valence-electron chi connectivity index (χ0n) is 10.8. The quantitative estimate of drug-likeness (QED) is 0.606. The average Bonchev–Trinajstić information content (AvgIpc) is 2.40. The first-order chi connectivity index (χ1) is 8.70. The number of nitro benzene ring substituents is 1. The van der Waals surface area contributed by atoms with E-state index >= 15 is 0 Å². The molecular weight excluding hydrogens is 228 g/mol. The van der Waals surface area contributed by atoms with E-state index in [0.29, 0.717) is 6.04 Å². The van der Waals surface area contributed by atoms with Crippen molar-refractivity contribution in [2.45, 2.75) is 45.2 Å². The molecule has 0 amide bonds. The minimum absolute atomic E-state index is 0.171. The van der Waals surface area contributed by atoms with E-state index in [1.165, 1.54) is 31.2 Å². The maximum absolute atomic E-state index is 10.6. The molecule has 1 aromatic rings. The van der Waals surface area contributed by atoms with Gasteiger partial charge in [0.15, 0.2) is 0 Å². The number of nitrogens with zero attached hydrogens (tertiary/aromatic N) is 2. The molecule has 0 saturated carbocycles. The van der Waals surface area contributed by atoms with Gasteiger partial charge in [-0.1, -0.05) is 25.5 Å². The molecule has 1 aromatic carbocycles. The Morgan fingerprint density at radius 2 is 2.06 bits per heavy atom. The molecule has 1 aliphatic heterocycles. The summed E-state index contributed by atoms with van der Waals surface area (Å²) in [5, 5.41) is 10.6. The average molecular weight is 248 g/mol. The van der Waals surface area contributed by atoms with Gasteiger partial charge in [0.05, 0.1) is 4.92 Å². The molecule has 0 N–H and O–H groups in total. The molecule has 0 radical (unpaired) electrons. The van der Waals surface area contributed by atoms with Crippen molar-refractivity contribution in [2.24, 2.45) is 0 Å². The van der Waals surface area contributed by atoms with Crippen molar-refractivity contribution >= 4 is 5.69 Å². The fourth-order valence-electron chi connectivity index (χ4n) is 2.69. The van der Waals surface area contributed by atoms with E-state index in [9.17, 15) is 10.1 Å². The largest absolute Gasteiger partial charge is 0.296 e. The monoisotopic (exact) mass is 248 g/mol. The van der Waals surface area contributed by atoms with Crippen LogP contribution in [0.15, 0.2) is 24.3 Å². The van der Waals surface area contributed by atoms with Crippen LogP contribution in [0.5, 0.6) is 0 Å². The van der Waals surface area contributed by atoms with E-state index in [-0.39, 0.29) is 10.6 Å². The van der Waals surface area contributed by atoms with Gasteiger partial charge in [0.1, 0.15) is 0 Å². The van der Waals surface area contributed by atoms with Crippen LogP contribution in [-0.4, -0.2) is 22.4 Å². The molecule has 98 valence electrons. The van der Waals surface area contributed by atoms with Crippen molar-refractivity contribution in [3.8, 4) is 0 Å². The minimum Gasteiger partial charge on any atom is -0.296 e. The molecular formula is C14H20N2O2. The highest BCUT2D eigenvalue weighted by atomic mass is 16.6. The minimum atomic E-state index is -0.348. The molecule has 2 rings (SSSR count). The van der Waals surface area contributed by atoms with Crippen LogP contribution in [0.2, 0.25) is 0 Å². The lowest BCUT2D eigenvalue weighted by atomic mass is 9.99. The second-order valence-electron chi connectivity index (χ2n) is 4.95. The summed E-state index contributed by atoms with van der Waals surface area (Å²) in [7, 11) is 0. The summed E-state index contributed by atoms with van der Waals surface area (Å²) >= 11 is 0. The third-order valence-electron chi connectivity index (χ3n) is 3.75. The van der Waals surface area contributed by atoms with Gasteiger partial charge in [-0.05, 0) is 31.4 Å². The highest BCUT2D eigenvalue weighted by Crippen LogP contribution is 2.22. The van der Waals surface area contributed by atoms with Crippen molar-refractivity contribution in [1.82, 2.24) is 4.90 Å². The van der Waals surface area contributed by atoms with Crippen LogP contribution >= 0.6 is 0 Å². The molecule has 0 aliphatic carbocycles. The molecule has 1 aliphatic rings. The summed E-state index contributed by atoms with van der Waals surface area (Å²) in [5.41, 5.74) is 1.34. The summed E-state index contributed by atoms with van der Waals surface area (Å²) in [6.45, 7) is 4.30. The van der Waals surface area contributed by atoms with Crippen LogP contribution in [0.1, 0.15) is 38.2 Å². The molecule has 0 spiro atoms. The van der Waals surface area contributed by atoms with Gasteiger partial charge >= 0.3 is 0 Å². The zero-order valence-corrected chi connectivity index (χ0v) is 10.8. The lowest BCUT2D eigenvalue weighted by Gasteiger charge is -2.35. The molecule has 1 fully saturated rings. The van der Waals surface area contributed by atoms with Crippen molar-refractivity contribution in [3.05, 3.63) is 39.9 Å². The summed E-state index contributed by atoms with van der Waals surface area (Å²) < 4.78 is 0. The summed E-state index contributed by atoms with van der Waals surface area (Å²) in [5.74, 6) is 0. The summed E-state index contributed by atoms with van der Waals surface area (Å²) in [6, 6.07) is 7.62. The van der Waals surface area contributed by atoms with E-state index < -0.39 is 0 Å². The van der Waals surface area contributed by atoms with Crippen molar-refractivity contribution in [3.63, 3.8) is 0 Å². The Morgan fingerprint density at radius 1 is 1.33 bits per heavy atom. The number of likely N-dealkylation sites (tertiary alicyclic amines) is 1. The van der Waals surface area contributed by atoms with Gasteiger partial charge in [-0.2, -0.15) is 0 Å². The van der Waals surface area contributed by atoms with Gasteiger partial charge < -0.3 is 0 Å². The van der Waals surface area contributed by atoms with Gasteiger partial charge in [0.2, 0.25) is 0 Å². The maximum Gasteiger partial charge on any atom is 0.269 e. The smallest absolute Gasteiger partial charge is 0.269 e. The molecule has 4 nitrogen and oxygen atoms in total. The second kappa shape index (κ2) is 5.96. The van der Waals surface area contributed by atoms with Crippen molar-refractivity contribution in [2.75, 3.05) is 6.54 Å². The number of nitro groups is 1. The predicted molar refractivity (Wildman–Crippen MR) is 71.4 cm³/mol. The highest BCUT2D eigenvalue weighted by Gasteiger charge is 2.20. The third-order valence-corrected chi connectivity index (χ3v) is 3.75. The first-order valence-corrected chi connectivity index (χ1v) is 6.68. The standard InChI is InChI=1S/C14H20N2O2/c1-2-13-5-3-4-10-15(13)11-12-6-8-14(9-7-12)16(17)18/h6-9,13H,2-5,10-11H2,1H3/t13-/m0/s1. The molecule has 18 heavy (non-hydrogen) atoms. The number of hydrogen-bond donors (Lipinski definition) is 0. The molecule has 0 unspecified atom stereocenters. The second-order valence-corrected chi connectivity index (χ2v) is 4.95. The Balaban J connectivity index is 2.01. The molecule has 1 heterocycles. The van der Waals surface area contributed by atoms with Gasteiger partial charge in [-0.25, -0.2) is 0 Å². The van der Waals surface area contributed by atoms with E-state index in [2.05, 4.69) is 11.8 Å². The van der Waals surface area contributed by atoms with Crippen molar-refractivity contribution in [1.29, 1.82) is 0 Å². The fourth-order valence-corrected chi connectivity index (χ4v) is 2.69. The maximum atomic E-state index is 10.6. The topological polar surface area (TPSA) is 46.4 Å². The van der Waals surface area contributed by atoms with E-state index in [4.69, 9.17) is 0 Å². The lowest BCUT2D eigenvalue weighted by Crippen LogP contribution is -2.38. The molecule has 0 aromatic heterocycles. The van der Waals surface area contributed by atoms with E-state index in [1.54, 1.807) is 12.1 Å². The molecule has 4 heteroatoms. The predicted octanol–water partition coefficient (Wildman–Crippen LogP) is 3.36. The molecule has 1 atom stereocenters. The summed E-state index contributed by atoms with van der Waals surface area (Å²) in [6.07, 6.45) is 5.06. The van der Waals surface area contributed by atoms with Gasteiger partial charge in [0, 0.05) is 24.7 Å². The van der Waals surface area contributed by atoms with Crippen LogP contribution in [0.3, 0.4) is 0 Å². The highest BCUT2D eigenvalue weighted by molar-refractivity contribution is 5.32. The van der Waals surface area contributed by atoms with E-state index in [1.807, 2.05) is 12.1 Å². The first-order valence-electron chi connectivity index (χ1n) is 6.68. The zero-order chi connectivity index (χ0) is 13.0. The number of piperidine rings is 1. The number of rotatable bonds is 4. The van der Waals surface area contributed by atoms with Crippen LogP contribution < -0.4 is 0 Å². The molecule has 1 saturated heterocycles. The Morgan fingerprint density at radius 3 is 2.67 bits per heavy atom. The molecule has 0 bridgehead atoms. The number of benzene rings is 1. The third kappa shape index (κ3) is 3.07. The van der Waals surface area contributed by atoms with Gasteiger partial charge in [0.25, 0.3) is 5.69 Å². The number of non-ortho nitro benzene ring substituents is 1. The van der Waals surface area contributed by atoms with Crippen LogP contribution in [0.4, 0.5) is 5.69 Å². The van der Waals surface area contributed by atoms with Gasteiger partial charge in [-0.3, -0.25) is 15.0 Å². The van der Waals surface area contributed by atoms with E-state index in [0.717, 1.165) is 13.1 Å². The van der Waals surface area contributed by atoms with Crippen molar-refractivity contribution < 1.29 is 4.92 Å². The lowest BCUT2D eigenvalue weighted by molar-refractivity contribution is -0.384.